The lowest BCUT2D eigenvalue weighted by Gasteiger charge is -2.17. The van der Waals surface area contributed by atoms with Crippen LogP contribution in [0, 0.1) is 29.0 Å². The highest BCUT2D eigenvalue weighted by Crippen LogP contribution is 2.57. The third kappa shape index (κ3) is 5.99. The normalized spacial score (nSPS) is 20.1. The molecule has 1 saturated heterocycles. The van der Waals surface area contributed by atoms with Gasteiger partial charge in [0.2, 0.25) is 5.91 Å². The van der Waals surface area contributed by atoms with Crippen LogP contribution in [-0.2, 0) is 18.4 Å². The maximum absolute atomic E-state index is 14.6. The van der Waals surface area contributed by atoms with Gasteiger partial charge in [-0.25, -0.2) is 14.4 Å². The number of carbonyl (C=O) groups is 1. The van der Waals surface area contributed by atoms with Gasteiger partial charge in [-0.3, -0.25) is 9.36 Å². The number of likely N-dealkylation sites (tertiary alicyclic amines) is 1. The van der Waals surface area contributed by atoms with Gasteiger partial charge in [0.1, 0.15) is 18.3 Å². The van der Waals surface area contributed by atoms with Crippen LogP contribution in [0.3, 0.4) is 0 Å². The van der Waals surface area contributed by atoms with Crippen molar-refractivity contribution < 1.29 is 22.8 Å². The van der Waals surface area contributed by atoms with Gasteiger partial charge >= 0.3 is 7.60 Å². The van der Waals surface area contributed by atoms with Gasteiger partial charge in [-0.1, -0.05) is 29.5 Å². The Kier molecular flexibility index (Phi) is 8.14. The molecule has 2 atom stereocenters. The molecule has 0 spiro atoms. The van der Waals surface area contributed by atoms with Gasteiger partial charge in [0.25, 0.3) is 0 Å². The van der Waals surface area contributed by atoms with Crippen LogP contribution in [0.1, 0.15) is 25.8 Å². The van der Waals surface area contributed by atoms with Gasteiger partial charge in [0.15, 0.2) is 5.82 Å². The summed E-state index contributed by atoms with van der Waals surface area (Å²) in [5.41, 5.74) is 1.57. The molecule has 1 aliphatic carbocycles. The molecule has 3 aromatic rings. The highest BCUT2D eigenvalue weighted by molar-refractivity contribution is 7.54. The molecule has 12 heteroatoms. The monoisotopic (exact) mass is 585 g/mol. The molecule has 0 bridgehead atoms. The number of aromatic nitrogens is 2. The first kappa shape index (κ1) is 28.5. The number of benzene rings is 2. The zero-order valence-corrected chi connectivity index (χ0v) is 24.1. The molecule has 40 heavy (non-hydrogen) atoms. The summed E-state index contributed by atoms with van der Waals surface area (Å²) in [7, 11) is -1.55. The van der Waals surface area contributed by atoms with Crippen molar-refractivity contribution in [2.24, 2.45) is 11.3 Å². The molecule has 2 aromatic carbocycles. The van der Waals surface area contributed by atoms with E-state index in [1.807, 2.05) is 0 Å². The molecule has 1 aliphatic heterocycles. The molecule has 2 fully saturated rings. The highest BCUT2D eigenvalue weighted by Gasteiger charge is 2.58. The first-order valence-corrected chi connectivity index (χ1v) is 15.2. The highest BCUT2D eigenvalue weighted by atomic mass is 35.5. The first-order valence-electron chi connectivity index (χ1n) is 13.0. The van der Waals surface area contributed by atoms with Crippen molar-refractivity contribution in [1.82, 2.24) is 14.9 Å². The van der Waals surface area contributed by atoms with Crippen molar-refractivity contribution in [3.05, 3.63) is 53.1 Å². The fraction of sp³-hybridized carbons (Fsp3) is 0.393. The maximum atomic E-state index is 14.6. The zero-order chi connectivity index (χ0) is 28.5. The fourth-order valence-corrected chi connectivity index (χ4v) is 6.79. The van der Waals surface area contributed by atoms with Crippen LogP contribution in [0.5, 0.6) is 0 Å². The molecule has 2 N–H and O–H groups in total. The van der Waals surface area contributed by atoms with E-state index >= 15 is 0 Å². The molecule has 1 amide bonds. The third-order valence-electron chi connectivity index (χ3n) is 7.00. The van der Waals surface area contributed by atoms with Crippen molar-refractivity contribution in [3.8, 4) is 11.8 Å². The van der Waals surface area contributed by atoms with Crippen LogP contribution in [0.15, 0.2) is 36.7 Å². The number of amides is 1. The van der Waals surface area contributed by atoms with Crippen LogP contribution in [-0.4, -0.2) is 60.3 Å². The quantitative estimate of drug-likeness (QED) is 0.244. The Labute approximate surface area is 237 Å². The molecule has 0 radical (unpaired) electrons. The number of anilines is 3. The fourth-order valence-electron chi connectivity index (χ4n) is 5.15. The van der Waals surface area contributed by atoms with Gasteiger partial charge in [-0.2, -0.15) is 0 Å². The molecule has 1 saturated carbocycles. The number of halogens is 2. The van der Waals surface area contributed by atoms with E-state index in [4.69, 9.17) is 20.6 Å². The van der Waals surface area contributed by atoms with Gasteiger partial charge in [0, 0.05) is 23.9 Å². The van der Waals surface area contributed by atoms with E-state index in [9.17, 15) is 13.8 Å². The Bertz CT molecular complexity index is 1570. The summed E-state index contributed by atoms with van der Waals surface area (Å²) in [6.07, 6.45) is 1.96. The van der Waals surface area contributed by atoms with Crippen molar-refractivity contribution >= 4 is 53.2 Å². The predicted octanol–water partition coefficient (Wildman–Crippen LogP) is 5.67. The smallest absolute Gasteiger partial charge is 0.337 e. The Morgan fingerprint density at radius 3 is 2.73 bits per heavy atom. The summed E-state index contributed by atoms with van der Waals surface area (Å²) in [5.74, 6) is 6.40. The van der Waals surface area contributed by atoms with Gasteiger partial charge in [-0.15, -0.1) is 0 Å². The molecule has 2 heterocycles. The molecular weight excluding hydrogens is 556 g/mol. The van der Waals surface area contributed by atoms with Crippen LogP contribution in [0.4, 0.5) is 21.6 Å². The summed E-state index contributed by atoms with van der Waals surface area (Å²) in [4.78, 5) is 24.0. The van der Waals surface area contributed by atoms with Gasteiger partial charge in [-0.05, 0) is 57.5 Å². The number of hydrogen-bond acceptors (Lipinski definition) is 8. The summed E-state index contributed by atoms with van der Waals surface area (Å²) in [6.45, 7) is 5.56. The van der Waals surface area contributed by atoms with Crippen molar-refractivity contribution in [3.63, 3.8) is 0 Å². The van der Waals surface area contributed by atoms with Crippen molar-refractivity contribution in [2.45, 2.75) is 20.3 Å². The number of carbonyl (C=O) groups excluding carboxylic acids is 1. The predicted molar refractivity (Wildman–Crippen MR) is 154 cm³/mol. The molecule has 1 aromatic heterocycles. The second-order valence-corrected chi connectivity index (χ2v) is 12.5. The Hall–Kier alpha value is -3.06. The van der Waals surface area contributed by atoms with E-state index in [0.717, 1.165) is 19.5 Å². The SMILES string of the molecule is CCOP(=O)(CC(=O)Nc1cc2c(Nc3cccc(Cl)c3F)ncnc2cc1C#C[C@@]12C[C@@H]1CN(C)C2)OCC. The summed E-state index contributed by atoms with van der Waals surface area (Å²) < 4.78 is 38.2. The van der Waals surface area contributed by atoms with Crippen LogP contribution in [0.2, 0.25) is 5.02 Å². The second kappa shape index (κ2) is 11.4. The van der Waals surface area contributed by atoms with Crippen molar-refractivity contribution in [1.29, 1.82) is 0 Å². The van der Waals surface area contributed by atoms with E-state index in [-0.39, 0.29) is 29.3 Å². The van der Waals surface area contributed by atoms with Gasteiger partial charge in [0.05, 0.1) is 40.7 Å². The van der Waals surface area contributed by atoms with E-state index in [2.05, 4.69) is 44.4 Å². The van der Waals surface area contributed by atoms with Gasteiger partial charge < -0.3 is 24.6 Å². The average Bonchev–Trinajstić information content (AvgIpc) is 3.46. The molecule has 9 nitrogen and oxygen atoms in total. The minimum atomic E-state index is -3.63. The summed E-state index contributed by atoms with van der Waals surface area (Å²) in [5, 5.41) is 6.29. The zero-order valence-electron chi connectivity index (χ0n) is 22.5. The Morgan fingerprint density at radius 2 is 2.02 bits per heavy atom. The number of fused-ring (bicyclic) bond motifs is 2. The number of piperidine rings is 1. The van der Waals surface area contributed by atoms with E-state index in [1.54, 1.807) is 38.1 Å². The molecule has 2 aliphatic rings. The molecule has 210 valence electrons. The third-order valence-corrected chi connectivity index (χ3v) is 9.27. The average molecular weight is 586 g/mol. The van der Waals surface area contributed by atoms with Crippen LogP contribution in [0.25, 0.3) is 10.9 Å². The van der Waals surface area contributed by atoms with Crippen LogP contribution >= 0.6 is 19.2 Å². The number of hydrogen-bond donors (Lipinski definition) is 2. The number of nitrogens with one attached hydrogen (secondary N) is 2. The van der Waals surface area contributed by atoms with E-state index < -0.39 is 25.5 Å². The first-order chi connectivity index (χ1) is 19.1. The van der Waals surface area contributed by atoms with E-state index in [1.165, 1.54) is 12.4 Å². The second-order valence-electron chi connectivity index (χ2n) is 10.0. The van der Waals surface area contributed by atoms with Crippen molar-refractivity contribution in [2.75, 3.05) is 50.1 Å². The minimum absolute atomic E-state index is 0.0304. The number of rotatable bonds is 9. The molecule has 0 unspecified atom stereocenters. The van der Waals surface area contributed by atoms with E-state index in [0.29, 0.717) is 33.9 Å². The lowest BCUT2D eigenvalue weighted by molar-refractivity contribution is -0.114. The molecular formula is C28H30ClFN5O4P. The lowest BCUT2D eigenvalue weighted by Crippen LogP contribution is -2.19. The topological polar surface area (TPSA) is 106 Å². The van der Waals surface area contributed by atoms with Crippen LogP contribution < -0.4 is 10.6 Å². The lowest BCUT2D eigenvalue weighted by atomic mass is 10.0. The standard InChI is InChI=1S/C28H30ClFN5O4P/c1-4-38-40(37,39-5-2)15-25(36)33-23-12-20-24(11-18(23)9-10-28-13-19(28)14-35(3)16-28)31-17-32-27(20)34-22-8-6-7-21(29)26(22)30/h6-8,11-12,17,19H,4-5,13-16H2,1-3H3,(H,33,36)(H,31,32,34)/t19-,28+/m1/s1. The summed E-state index contributed by atoms with van der Waals surface area (Å²) >= 11 is 5.95. The largest absolute Gasteiger partial charge is 0.340 e. The molecule has 5 rings (SSSR count). The maximum Gasteiger partial charge on any atom is 0.340 e. The Balaban J connectivity index is 1.53. The number of nitrogens with zero attached hydrogens (tertiary/aromatic N) is 3. The Morgan fingerprint density at radius 1 is 1.25 bits per heavy atom. The summed E-state index contributed by atoms with van der Waals surface area (Å²) in [6, 6.07) is 8.05. The minimum Gasteiger partial charge on any atom is -0.337 e.